The third kappa shape index (κ3) is 3.60. The summed E-state index contributed by atoms with van der Waals surface area (Å²) in [5.41, 5.74) is 1.73. The minimum atomic E-state index is -0.514. The molecule has 1 fully saturated rings. The Balaban J connectivity index is 1.37. The van der Waals surface area contributed by atoms with Crippen molar-refractivity contribution in [1.82, 2.24) is 10.1 Å². The molecule has 0 aliphatic carbocycles. The van der Waals surface area contributed by atoms with Gasteiger partial charge in [0, 0.05) is 19.2 Å². The highest BCUT2D eigenvalue weighted by Gasteiger charge is 2.34. The molecule has 3 aromatic rings. The Labute approximate surface area is 168 Å². The summed E-state index contributed by atoms with van der Waals surface area (Å²) in [6, 6.07) is 13.3. The second kappa shape index (κ2) is 7.66. The van der Waals surface area contributed by atoms with Gasteiger partial charge in [0.15, 0.2) is 11.9 Å². The molecule has 2 aromatic heterocycles. The lowest BCUT2D eigenvalue weighted by Crippen LogP contribution is -2.51. The fourth-order valence-corrected chi connectivity index (χ4v) is 4.02. The van der Waals surface area contributed by atoms with Crippen molar-refractivity contribution >= 4 is 11.6 Å². The summed E-state index contributed by atoms with van der Waals surface area (Å²) in [6.45, 7) is 2.63. The predicted molar refractivity (Wildman–Crippen MR) is 107 cm³/mol. The van der Waals surface area contributed by atoms with Crippen molar-refractivity contribution in [3.63, 3.8) is 0 Å². The topological polar surface area (TPSA) is 72.0 Å². The van der Waals surface area contributed by atoms with Gasteiger partial charge in [0.25, 0.3) is 5.91 Å². The van der Waals surface area contributed by atoms with E-state index in [0.717, 1.165) is 43.1 Å². The lowest BCUT2D eigenvalue weighted by Gasteiger charge is -2.38. The number of carbonyl (C=O) groups is 1. The summed E-state index contributed by atoms with van der Waals surface area (Å²) in [5.74, 6) is 2.03. The lowest BCUT2D eigenvalue weighted by molar-refractivity contribution is -0.139. The van der Waals surface area contributed by atoms with Crippen LogP contribution in [0.3, 0.4) is 0 Å². The molecule has 0 spiro atoms. The fourth-order valence-electron chi connectivity index (χ4n) is 4.02. The summed E-state index contributed by atoms with van der Waals surface area (Å²) in [4.78, 5) is 17.1. The van der Waals surface area contributed by atoms with Gasteiger partial charge in [-0.2, -0.15) is 0 Å². The van der Waals surface area contributed by atoms with Crippen LogP contribution < -0.4 is 9.64 Å². The highest BCUT2D eigenvalue weighted by atomic mass is 16.5. The van der Waals surface area contributed by atoms with E-state index >= 15 is 0 Å². The van der Waals surface area contributed by atoms with Gasteiger partial charge in [0.05, 0.1) is 25.0 Å². The van der Waals surface area contributed by atoms with Crippen LogP contribution in [0, 0.1) is 0 Å². The number of likely N-dealkylation sites (tertiary alicyclic amines) is 1. The summed E-state index contributed by atoms with van der Waals surface area (Å²) in [6.07, 6.45) is 4.40. The van der Waals surface area contributed by atoms with Crippen molar-refractivity contribution in [2.75, 3.05) is 24.5 Å². The molecule has 4 heterocycles. The van der Waals surface area contributed by atoms with Crippen LogP contribution in [0.2, 0.25) is 0 Å². The first-order valence-corrected chi connectivity index (χ1v) is 10.1. The molecule has 5 rings (SSSR count). The average molecular weight is 393 g/mol. The number of anilines is 1. The van der Waals surface area contributed by atoms with Crippen LogP contribution in [0.4, 0.5) is 5.69 Å². The number of nitrogens with zero attached hydrogens (tertiary/aromatic N) is 3. The van der Waals surface area contributed by atoms with Crippen LogP contribution in [0.5, 0.6) is 5.75 Å². The summed E-state index contributed by atoms with van der Waals surface area (Å²) in [5, 5.41) is 4.19. The first-order chi connectivity index (χ1) is 14.3. The molecule has 0 bridgehead atoms. The van der Waals surface area contributed by atoms with Gasteiger partial charge in [-0.15, -0.1) is 0 Å². The van der Waals surface area contributed by atoms with E-state index in [4.69, 9.17) is 13.7 Å². The van der Waals surface area contributed by atoms with E-state index in [-0.39, 0.29) is 5.91 Å². The van der Waals surface area contributed by atoms with Crippen LogP contribution in [0.1, 0.15) is 25.0 Å². The zero-order chi connectivity index (χ0) is 19.6. The Morgan fingerprint density at radius 2 is 1.93 bits per heavy atom. The van der Waals surface area contributed by atoms with Crippen molar-refractivity contribution in [3.05, 3.63) is 54.4 Å². The molecule has 1 atom stereocenters. The van der Waals surface area contributed by atoms with E-state index in [1.54, 1.807) is 6.26 Å². The van der Waals surface area contributed by atoms with Gasteiger partial charge in [-0.25, -0.2) is 0 Å². The molecule has 2 aliphatic rings. The molecule has 0 radical (unpaired) electrons. The molecule has 1 amide bonds. The second-order valence-electron chi connectivity index (χ2n) is 7.50. The Bertz CT molecular complexity index is 976. The molecule has 7 heteroatoms. The van der Waals surface area contributed by atoms with Gasteiger partial charge in [0.2, 0.25) is 5.76 Å². The van der Waals surface area contributed by atoms with Gasteiger partial charge in [-0.05, 0) is 43.5 Å². The standard InChI is InChI=1S/C22H23N3O4/c26-22(24-10-4-1-5-11-24)21-15-25(17-7-2-3-8-18(17)28-21)14-16-13-20(29-23-16)19-9-6-12-27-19/h2-3,6-9,12-13,21H,1,4-5,10-11,14-15H2/t21-/m1/s1. The third-order valence-corrected chi connectivity index (χ3v) is 5.48. The molecule has 150 valence electrons. The van der Waals surface area contributed by atoms with E-state index in [2.05, 4.69) is 10.1 Å². The molecule has 1 saturated heterocycles. The number of hydrogen-bond donors (Lipinski definition) is 0. The van der Waals surface area contributed by atoms with Gasteiger partial charge in [-0.3, -0.25) is 4.79 Å². The van der Waals surface area contributed by atoms with Crippen LogP contribution in [-0.4, -0.2) is 41.7 Å². The maximum absolute atomic E-state index is 13.0. The highest BCUT2D eigenvalue weighted by molar-refractivity contribution is 5.83. The summed E-state index contributed by atoms with van der Waals surface area (Å²) >= 11 is 0. The molecular formula is C22H23N3O4. The second-order valence-corrected chi connectivity index (χ2v) is 7.50. The number of piperidine rings is 1. The van der Waals surface area contributed by atoms with Crippen LogP contribution in [0.15, 0.2) is 57.7 Å². The first-order valence-electron chi connectivity index (χ1n) is 10.1. The van der Waals surface area contributed by atoms with Gasteiger partial charge in [0.1, 0.15) is 11.4 Å². The number of furan rings is 1. The van der Waals surface area contributed by atoms with Crippen LogP contribution in [-0.2, 0) is 11.3 Å². The van der Waals surface area contributed by atoms with Crippen molar-refractivity contribution in [1.29, 1.82) is 0 Å². The van der Waals surface area contributed by atoms with Gasteiger partial charge >= 0.3 is 0 Å². The average Bonchev–Trinajstić information content (AvgIpc) is 3.46. The highest BCUT2D eigenvalue weighted by Crippen LogP contribution is 2.35. The van der Waals surface area contributed by atoms with Crippen molar-refractivity contribution < 1.29 is 18.5 Å². The molecule has 2 aliphatic heterocycles. The summed E-state index contributed by atoms with van der Waals surface area (Å²) in [7, 11) is 0. The maximum Gasteiger partial charge on any atom is 0.265 e. The monoisotopic (exact) mass is 393 g/mol. The molecule has 1 aromatic carbocycles. The Kier molecular flexibility index (Phi) is 4.71. The quantitative estimate of drug-likeness (QED) is 0.673. The SMILES string of the molecule is O=C([C@H]1CN(Cc2cc(-c3ccco3)on2)c2ccccc2O1)N1CCCCC1. The number of hydrogen-bond acceptors (Lipinski definition) is 6. The Morgan fingerprint density at radius 1 is 1.07 bits per heavy atom. The zero-order valence-electron chi connectivity index (χ0n) is 16.1. The third-order valence-electron chi connectivity index (χ3n) is 5.48. The molecule has 0 unspecified atom stereocenters. The van der Waals surface area contributed by atoms with E-state index in [1.807, 2.05) is 47.4 Å². The lowest BCUT2D eigenvalue weighted by atomic mass is 10.1. The number of rotatable bonds is 4. The number of benzene rings is 1. The molecule has 7 nitrogen and oxygen atoms in total. The normalized spacial score (nSPS) is 19.0. The van der Waals surface area contributed by atoms with Crippen molar-refractivity contribution in [2.45, 2.75) is 31.9 Å². The Morgan fingerprint density at radius 3 is 2.76 bits per heavy atom. The van der Waals surface area contributed by atoms with Crippen molar-refractivity contribution in [3.8, 4) is 17.3 Å². The number of ether oxygens (including phenoxy) is 1. The minimum Gasteiger partial charge on any atom is -0.477 e. The predicted octanol–water partition coefficient (Wildman–Crippen LogP) is 3.71. The van der Waals surface area contributed by atoms with Gasteiger partial charge < -0.3 is 23.5 Å². The Hall–Kier alpha value is -3.22. The maximum atomic E-state index is 13.0. The number of amides is 1. The number of para-hydroxylation sites is 2. The van der Waals surface area contributed by atoms with E-state index in [0.29, 0.717) is 24.6 Å². The first kappa shape index (κ1) is 17.8. The van der Waals surface area contributed by atoms with Crippen LogP contribution >= 0.6 is 0 Å². The van der Waals surface area contributed by atoms with E-state index in [1.165, 1.54) is 6.42 Å². The summed E-state index contributed by atoms with van der Waals surface area (Å²) < 4.78 is 16.9. The molecule has 0 N–H and O–H groups in total. The van der Waals surface area contributed by atoms with E-state index < -0.39 is 6.10 Å². The molecular weight excluding hydrogens is 370 g/mol. The van der Waals surface area contributed by atoms with Crippen LogP contribution in [0.25, 0.3) is 11.5 Å². The van der Waals surface area contributed by atoms with Gasteiger partial charge in [-0.1, -0.05) is 17.3 Å². The molecule has 0 saturated carbocycles. The zero-order valence-corrected chi connectivity index (χ0v) is 16.1. The largest absolute Gasteiger partial charge is 0.477 e. The number of fused-ring (bicyclic) bond motifs is 1. The fraction of sp³-hybridized carbons (Fsp3) is 0.364. The van der Waals surface area contributed by atoms with E-state index in [9.17, 15) is 4.79 Å². The van der Waals surface area contributed by atoms with Crippen molar-refractivity contribution in [2.24, 2.45) is 0 Å². The smallest absolute Gasteiger partial charge is 0.265 e. The number of aromatic nitrogens is 1. The molecule has 29 heavy (non-hydrogen) atoms. The number of carbonyl (C=O) groups excluding carboxylic acids is 1. The minimum absolute atomic E-state index is 0.0700.